The molecule has 0 saturated heterocycles. The van der Waals surface area contributed by atoms with Crippen LogP contribution < -0.4 is 18.9 Å². The Balaban J connectivity index is 0.000000236. The largest absolute Gasteiger partial charge is 0.513 e. The first kappa shape index (κ1) is 58.9. The molecule has 4 aliphatic heterocycles. The third-order valence-corrected chi connectivity index (χ3v) is 22.6. The van der Waals surface area contributed by atoms with Crippen molar-refractivity contribution < 1.29 is 103 Å². The predicted molar refractivity (Wildman–Crippen MR) is 264 cm³/mol. The van der Waals surface area contributed by atoms with E-state index in [1.54, 1.807) is 0 Å². The minimum Gasteiger partial charge on any atom is -0.513 e. The van der Waals surface area contributed by atoms with Gasteiger partial charge < -0.3 is 38.0 Å². The van der Waals surface area contributed by atoms with Gasteiger partial charge in [0.2, 0.25) is 0 Å². The molecule has 4 atom stereocenters. The molecule has 8 nitrogen and oxygen atoms in total. The van der Waals surface area contributed by atoms with E-state index in [1.165, 1.54) is 33.4 Å². The van der Waals surface area contributed by atoms with Crippen LogP contribution in [0.25, 0.3) is 0 Å². The Bertz CT molecular complexity index is 2080. The molecule has 2 N–H and O–H groups in total. The van der Waals surface area contributed by atoms with E-state index < -0.39 is 16.6 Å². The minimum atomic E-state index is -1.67. The third kappa shape index (κ3) is 17.5. The van der Waals surface area contributed by atoms with Crippen molar-refractivity contribution in [1.29, 1.82) is 0 Å². The van der Waals surface area contributed by atoms with Gasteiger partial charge in [-0.3, -0.25) is 0 Å². The Hall–Kier alpha value is -1.44. The summed E-state index contributed by atoms with van der Waals surface area (Å²) in [5.41, 5.74) is 7.65. The molecule has 0 fully saturated rings. The SMILES string of the molecule is CC(C)(C)[Si](C)(C)OCC1CCc2c[c-]ccc2O1.Cc1ccc2c(c1)CCC(CO)O2.Cc1ccc2c(c1)CCC(CO[Si](C)(C)C(C)(C)C)O2.OCC1CCc2c[c-]ccc2O1.[Y].[Y]. The summed E-state index contributed by atoms with van der Waals surface area (Å²) in [6.07, 6.45) is 8.48. The number of benzene rings is 4. The maximum atomic E-state index is 8.95. The van der Waals surface area contributed by atoms with E-state index in [9.17, 15) is 0 Å². The molecule has 12 heteroatoms. The van der Waals surface area contributed by atoms with Crippen LogP contribution >= 0.6 is 0 Å². The first-order chi connectivity index (χ1) is 30.2. The molecule has 0 aromatic heterocycles. The van der Waals surface area contributed by atoms with Crippen LogP contribution in [0.2, 0.25) is 36.3 Å². The van der Waals surface area contributed by atoms with Crippen molar-refractivity contribution >= 4 is 16.6 Å². The molecule has 0 amide bonds. The first-order valence-corrected chi connectivity index (χ1v) is 29.3. The topological polar surface area (TPSA) is 95.8 Å². The van der Waals surface area contributed by atoms with Crippen LogP contribution in [0.15, 0.2) is 72.8 Å². The van der Waals surface area contributed by atoms with Crippen molar-refractivity contribution in [2.24, 2.45) is 0 Å². The Kier molecular flexibility index (Phi) is 23.8. The van der Waals surface area contributed by atoms with Crippen LogP contribution in [0.4, 0.5) is 0 Å². The normalized spacial score (nSPS) is 19.5. The molecular formula is C54H78O8Si2Y2-2. The van der Waals surface area contributed by atoms with Crippen LogP contribution in [0.5, 0.6) is 23.0 Å². The van der Waals surface area contributed by atoms with Crippen molar-refractivity contribution in [2.45, 2.75) is 167 Å². The minimum absolute atomic E-state index is 0. The summed E-state index contributed by atoms with van der Waals surface area (Å²) in [6.45, 7) is 28.7. The molecule has 8 rings (SSSR count). The van der Waals surface area contributed by atoms with E-state index in [1.807, 2.05) is 48.5 Å². The molecule has 4 aromatic rings. The van der Waals surface area contributed by atoms with Gasteiger partial charge in [0.25, 0.3) is 0 Å². The van der Waals surface area contributed by atoms with Crippen LogP contribution in [0, 0.1) is 26.0 Å². The summed E-state index contributed by atoms with van der Waals surface area (Å²) < 4.78 is 35.7. The summed E-state index contributed by atoms with van der Waals surface area (Å²) in [6, 6.07) is 30.4. The fourth-order valence-corrected chi connectivity index (χ4v) is 9.38. The number of ether oxygens (including phenoxy) is 4. The molecule has 4 unspecified atom stereocenters. The molecule has 358 valence electrons. The van der Waals surface area contributed by atoms with E-state index in [2.05, 4.69) is 118 Å². The smallest absolute Gasteiger partial charge is 0.192 e. The van der Waals surface area contributed by atoms with Crippen molar-refractivity contribution in [3.63, 3.8) is 0 Å². The van der Waals surface area contributed by atoms with Gasteiger partial charge in [-0.05, 0) is 112 Å². The van der Waals surface area contributed by atoms with Crippen molar-refractivity contribution in [3.8, 4) is 23.0 Å². The Labute approximate surface area is 451 Å². The van der Waals surface area contributed by atoms with Crippen molar-refractivity contribution in [3.05, 3.63) is 118 Å². The second-order valence-corrected chi connectivity index (χ2v) is 30.5. The van der Waals surface area contributed by atoms with Gasteiger partial charge in [-0.25, -0.2) is 0 Å². The molecule has 4 aliphatic rings. The Morgan fingerprint density at radius 3 is 1.18 bits per heavy atom. The molecule has 66 heavy (non-hydrogen) atoms. The zero-order valence-electron chi connectivity index (χ0n) is 42.2. The van der Waals surface area contributed by atoms with Gasteiger partial charge in [-0.1, -0.05) is 89.8 Å². The molecule has 4 aromatic carbocycles. The number of fused-ring (bicyclic) bond motifs is 4. The van der Waals surface area contributed by atoms with Gasteiger partial charge in [0.05, 0.1) is 26.4 Å². The van der Waals surface area contributed by atoms with E-state index in [0.29, 0.717) is 6.61 Å². The summed E-state index contributed by atoms with van der Waals surface area (Å²) in [5, 5.41) is 18.3. The maximum absolute atomic E-state index is 8.95. The molecular weight excluding hydrogens is 1010 g/mol. The fourth-order valence-electron chi connectivity index (χ4n) is 7.31. The second kappa shape index (κ2) is 26.7. The van der Waals surface area contributed by atoms with Gasteiger partial charge in [-0.2, -0.15) is 36.4 Å². The van der Waals surface area contributed by atoms with E-state index in [4.69, 9.17) is 38.0 Å². The van der Waals surface area contributed by atoms with Gasteiger partial charge in [0.1, 0.15) is 35.9 Å². The van der Waals surface area contributed by atoms with E-state index >= 15 is 0 Å². The fraction of sp³-hybridized carbons (Fsp3) is 0.556. The van der Waals surface area contributed by atoms with Crippen molar-refractivity contribution in [1.82, 2.24) is 0 Å². The Morgan fingerprint density at radius 2 is 0.833 bits per heavy atom. The molecule has 2 radical (unpaired) electrons. The zero-order chi connectivity index (χ0) is 46.7. The summed E-state index contributed by atoms with van der Waals surface area (Å²) in [5.74, 6) is 3.90. The number of hydrogen-bond donors (Lipinski definition) is 2. The van der Waals surface area contributed by atoms with Gasteiger partial charge in [-0.15, -0.1) is 23.3 Å². The van der Waals surface area contributed by atoms with Crippen LogP contribution in [0.1, 0.15) is 101 Å². The van der Waals surface area contributed by atoms with E-state index in [-0.39, 0.29) is 113 Å². The molecule has 0 aliphatic carbocycles. The zero-order valence-corrected chi connectivity index (χ0v) is 49.9. The molecule has 0 saturated carbocycles. The number of hydrogen-bond acceptors (Lipinski definition) is 8. The number of aliphatic hydroxyl groups excluding tert-OH is 2. The average molecular weight is 1090 g/mol. The summed E-state index contributed by atoms with van der Waals surface area (Å²) >= 11 is 0. The quantitative estimate of drug-likeness (QED) is 0.133. The molecule has 0 spiro atoms. The third-order valence-electron chi connectivity index (χ3n) is 13.6. The monoisotopic (exact) mass is 1090 g/mol. The summed E-state index contributed by atoms with van der Waals surface area (Å²) in [7, 11) is -3.34. The van der Waals surface area contributed by atoms with Crippen LogP contribution in [0.3, 0.4) is 0 Å². The number of aliphatic hydroxyl groups is 2. The molecule has 0 bridgehead atoms. The number of rotatable bonds is 8. The van der Waals surface area contributed by atoms with E-state index in [0.717, 1.165) is 81.0 Å². The Morgan fingerprint density at radius 1 is 0.515 bits per heavy atom. The standard InChI is InChI=1S/C17H28O2Si.C16H25O2Si.C11H14O2.C10H11O2.2Y/c1-13-7-10-16-14(11-13)8-9-15(19-16)12-18-20(5,6)17(2,3)4;1-16(2,3)19(4,5)17-12-14-11-10-13-8-6-7-9-15(13)18-14;1-8-2-5-11-9(6-8)3-4-10(7-12)13-11;11-7-9-6-5-8-3-1-2-4-10(8)12-9;;/h7,10-11,15H,8-9,12H2,1-6H3;7-9,14H,10-12H2,1-5H3;2,5-6,10,12H,3-4,7H2,1H3;2-4,9,11H,5-7H2;;/q;-1;;-1;;. The van der Waals surface area contributed by atoms with Crippen LogP contribution in [-0.4, -0.2) is 77.7 Å². The molecule has 4 heterocycles. The predicted octanol–water partition coefficient (Wildman–Crippen LogP) is 11.8. The maximum Gasteiger partial charge on any atom is 0.192 e. The summed E-state index contributed by atoms with van der Waals surface area (Å²) in [4.78, 5) is 0. The van der Waals surface area contributed by atoms with Crippen molar-refractivity contribution in [2.75, 3.05) is 26.4 Å². The van der Waals surface area contributed by atoms with Gasteiger partial charge in [0.15, 0.2) is 16.6 Å². The van der Waals surface area contributed by atoms with Gasteiger partial charge in [0, 0.05) is 76.9 Å². The first-order valence-electron chi connectivity index (χ1n) is 23.5. The van der Waals surface area contributed by atoms with Gasteiger partial charge >= 0.3 is 0 Å². The average Bonchev–Trinajstić information content (AvgIpc) is 3.27. The number of aryl methyl sites for hydroxylation is 6. The van der Waals surface area contributed by atoms with Crippen LogP contribution in [-0.2, 0) is 100.0 Å². The second-order valence-electron chi connectivity index (χ2n) is 20.9.